The lowest BCUT2D eigenvalue weighted by atomic mass is 10.1. The van der Waals surface area contributed by atoms with Crippen LogP contribution in [0, 0.1) is 6.92 Å². The SMILES string of the molecule is Cc1cc(C(=O)O)ccc1Nc1c(Br)cccc1Br. The van der Waals surface area contributed by atoms with E-state index in [4.69, 9.17) is 5.11 Å². The van der Waals surface area contributed by atoms with Gasteiger partial charge >= 0.3 is 5.97 Å². The van der Waals surface area contributed by atoms with Crippen LogP contribution in [0.25, 0.3) is 0 Å². The van der Waals surface area contributed by atoms with Gasteiger partial charge in [0.1, 0.15) is 0 Å². The summed E-state index contributed by atoms with van der Waals surface area (Å²) in [4.78, 5) is 10.9. The summed E-state index contributed by atoms with van der Waals surface area (Å²) in [5.41, 5.74) is 2.95. The van der Waals surface area contributed by atoms with Crippen molar-refractivity contribution in [2.24, 2.45) is 0 Å². The van der Waals surface area contributed by atoms with Gasteiger partial charge in [-0.2, -0.15) is 0 Å². The maximum absolute atomic E-state index is 10.9. The molecule has 0 aliphatic carbocycles. The monoisotopic (exact) mass is 383 g/mol. The lowest BCUT2D eigenvalue weighted by Gasteiger charge is -2.13. The first-order chi connectivity index (χ1) is 8.99. The Kier molecular flexibility index (Phi) is 4.27. The molecule has 5 heteroatoms. The van der Waals surface area contributed by atoms with Gasteiger partial charge < -0.3 is 10.4 Å². The summed E-state index contributed by atoms with van der Waals surface area (Å²) in [7, 11) is 0. The number of nitrogens with one attached hydrogen (secondary N) is 1. The number of benzene rings is 2. The Morgan fingerprint density at radius 2 is 1.79 bits per heavy atom. The number of aryl methyl sites for hydroxylation is 1. The van der Waals surface area contributed by atoms with Gasteiger partial charge in [0, 0.05) is 14.6 Å². The van der Waals surface area contributed by atoms with Gasteiger partial charge in [-0.05, 0) is 74.7 Å². The Morgan fingerprint density at radius 3 is 2.32 bits per heavy atom. The Morgan fingerprint density at radius 1 is 1.16 bits per heavy atom. The highest BCUT2D eigenvalue weighted by Gasteiger charge is 2.09. The average Bonchev–Trinajstić information content (AvgIpc) is 2.35. The minimum Gasteiger partial charge on any atom is -0.478 e. The number of carboxylic acid groups (broad SMARTS) is 1. The number of carbonyl (C=O) groups is 1. The fourth-order valence-corrected chi connectivity index (χ4v) is 2.89. The van der Waals surface area contributed by atoms with E-state index >= 15 is 0 Å². The van der Waals surface area contributed by atoms with Crippen LogP contribution in [0.3, 0.4) is 0 Å². The summed E-state index contributed by atoms with van der Waals surface area (Å²) in [6.07, 6.45) is 0. The molecule has 0 bridgehead atoms. The first-order valence-electron chi connectivity index (χ1n) is 5.54. The molecule has 0 fully saturated rings. The van der Waals surface area contributed by atoms with Crippen molar-refractivity contribution >= 4 is 49.2 Å². The molecule has 3 nitrogen and oxygen atoms in total. The van der Waals surface area contributed by atoms with Crippen molar-refractivity contribution in [3.63, 3.8) is 0 Å². The van der Waals surface area contributed by atoms with Crippen LogP contribution in [0.2, 0.25) is 0 Å². The molecule has 0 aliphatic rings. The van der Waals surface area contributed by atoms with E-state index in [1.807, 2.05) is 25.1 Å². The minimum absolute atomic E-state index is 0.286. The average molecular weight is 385 g/mol. The number of rotatable bonds is 3. The molecular formula is C14H11Br2NO2. The number of para-hydroxylation sites is 1. The molecule has 0 saturated heterocycles. The largest absolute Gasteiger partial charge is 0.478 e. The molecule has 0 unspecified atom stereocenters. The second kappa shape index (κ2) is 5.75. The zero-order valence-corrected chi connectivity index (χ0v) is 13.2. The van der Waals surface area contributed by atoms with Crippen LogP contribution in [-0.4, -0.2) is 11.1 Å². The molecule has 0 saturated carbocycles. The predicted molar refractivity (Wildman–Crippen MR) is 83.3 cm³/mol. The van der Waals surface area contributed by atoms with Gasteiger partial charge in [-0.15, -0.1) is 0 Å². The van der Waals surface area contributed by atoms with Crippen LogP contribution in [0.4, 0.5) is 11.4 Å². The van der Waals surface area contributed by atoms with Crippen LogP contribution in [0.1, 0.15) is 15.9 Å². The van der Waals surface area contributed by atoms with Crippen LogP contribution < -0.4 is 5.32 Å². The molecule has 2 rings (SSSR count). The third-order valence-electron chi connectivity index (χ3n) is 2.70. The first kappa shape index (κ1) is 14.1. The van der Waals surface area contributed by atoms with E-state index in [1.165, 1.54) is 0 Å². The Bertz CT molecular complexity index is 621. The van der Waals surface area contributed by atoms with Gasteiger partial charge in [0.05, 0.1) is 11.3 Å². The van der Waals surface area contributed by atoms with E-state index in [9.17, 15) is 4.79 Å². The number of hydrogen-bond donors (Lipinski definition) is 2. The second-order valence-corrected chi connectivity index (χ2v) is 5.77. The zero-order valence-electron chi connectivity index (χ0n) is 10.1. The number of halogens is 2. The summed E-state index contributed by atoms with van der Waals surface area (Å²) in [5.74, 6) is -0.920. The molecule has 98 valence electrons. The van der Waals surface area contributed by atoms with E-state index < -0.39 is 5.97 Å². The maximum atomic E-state index is 10.9. The number of anilines is 2. The fourth-order valence-electron chi connectivity index (χ4n) is 1.69. The fraction of sp³-hybridized carbons (Fsp3) is 0.0714. The molecule has 0 amide bonds. The van der Waals surface area contributed by atoms with Crippen LogP contribution >= 0.6 is 31.9 Å². The molecule has 0 heterocycles. The quantitative estimate of drug-likeness (QED) is 0.785. The molecule has 0 spiro atoms. The molecule has 0 aromatic heterocycles. The summed E-state index contributed by atoms with van der Waals surface area (Å²) in [6.45, 7) is 1.87. The maximum Gasteiger partial charge on any atom is 0.335 e. The highest BCUT2D eigenvalue weighted by atomic mass is 79.9. The van der Waals surface area contributed by atoms with Crippen LogP contribution in [0.5, 0.6) is 0 Å². The molecule has 2 aromatic carbocycles. The van der Waals surface area contributed by atoms with Gasteiger partial charge in [-0.3, -0.25) is 0 Å². The van der Waals surface area contributed by atoms with E-state index in [1.54, 1.807) is 18.2 Å². The van der Waals surface area contributed by atoms with Crippen molar-refractivity contribution in [2.45, 2.75) is 6.92 Å². The molecule has 19 heavy (non-hydrogen) atoms. The molecular weight excluding hydrogens is 374 g/mol. The molecule has 2 N–H and O–H groups in total. The van der Waals surface area contributed by atoms with Gasteiger partial charge in [0.25, 0.3) is 0 Å². The number of carboxylic acids is 1. The summed E-state index contributed by atoms with van der Waals surface area (Å²) in [6, 6.07) is 10.8. The van der Waals surface area contributed by atoms with Crippen molar-refractivity contribution < 1.29 is 9.90 Å². The zero-order chi connectivity index (χ0) is 14.0. The van der Waals surface area contributed by atoms with Gasteiger partial charge in [-0.1, -0.05) is 6.07 Å². The predicted octanol–water partition coefficient (Wildman–Crippen LogP) is 4.96. The summed E-state index contributed by atoms with van der Waals surface area (Å²) >= 11 is 6.96. The Balaban J connectivity index is 2.36. The van der Waals surface area contributed by atoms with Crippen LogP contribution in [-0.2, 0) is 0 Å². The van der Waals surface area contributed by atoms with Crippen molar-refractivity contribution in [2.75, 3.05) is 5.32 Å². The highest BCUT2D eigenvalue weighted by Crippen LogP contribution is 2.34. The normalized spacial score (nSPS) is 10.3. The second-order valence-electron chi connectivity index (χ2n) is 4.06. The Hall–Kier alpha value is -1.33. The van der Waals surface area contributed by atoms with Gasteiger partial charge in [-0.25, -0.2) is 4.79 Å². The van der Waals surface area contributed by atoms with Crippen LogP contribution in [0.15, 0.2) is 45.3 Å². The smallest absolute Gasteiger partial charge is 0.335 e. The van der Waals surface area contributed by atoms with E-state index in [2.05, 4.69) is 37.2 Å². The lowest BCUT2D eigenvalue weighted by molar-refractivity contribution is 0.0697. The third kappa shape index (κ3) is 3.16. The van der Waals surface area contributed by atoms with Gasteiger partial charge in [0.2, 0.25) is 0 Å². The molecule has 0 atom stereocenters. The molecule has 2 aromatic rings. The number of hydrogen-bond acceptors (Lipinski definition) is 2. The van der Waals surface area contributed by atoms with Crippen molar-refractivity contribution in [1.29, 1.82) is 0 Å². The number of aromatic carboxylic acids is 1. The molecule has 0 radical (unpaired) electrons. The van der Waals surface area contributed by atoms with Crippen molar-refractivity contribution in [3.8, 4) is 0 Å². The first-order valence-corrected chi connectivity index (χ1v) is 7.12. The molecule has 0 aliphatic heterocycles. The van der Waals surface area contributed by atoms with E-state index in [0.29, 0.717) is 0 Å². The standard InChI is InChI=1S/C14H11Br2NO2/c1-8-7-9(14(18)19)5-6-12(8)17-13-10(15)3-2-4-11(13)16/h2-7,17H,1H3,(H,18,19). The van der Waals surface area contributed by atoms with E-state index in [-0.39, 0.29) is 5.56 Å². The topological polar surface area (TPSA) is 49.3 Å². The van der Waals surface area contributed by atoms with Gasteiger partial charge in [0.15, 0.2) is 0 Å². The van der Waals surface area contributed by atoms with Crippen molar-refractivity contribution in [3.05, 3.63) is 56.5 Å². The minimum atomic E-state index is -0.920. The lowest BCUT2D eigenvalue weighted by Crippen LogP contribution is -2.00. The highest BCUT2D eigenvalue weighted by molar-refractivity contribution is 9.11. The Labute approximate surface area is 127 Å². The summed E-state index contributed by atoms with van der Waals surface area (Å²) < 4.78 is 1.87. The van der Waals surface area contributed by atoms with Crippen molar-refractivity contribution in [1.82, 2.24) is 0 Å². The van der Waals surface area contributed by atoms with E-state index in [0.717, 1.165) is 25.9 Å². The third-order valence-corrected chi connectivity index (χ3v) is 4.02. The summed E-state index contributed by atoms with van der Waals surface area (Å²) in [5, 5.41) is 12.2.